The molecule has 0 rings (SSSR count). The standard InChI is InChI=1S/8C5H12O2.C4H6O2/c8*6-4-2-1-3-5-7;1-3(2)4(5)6/h8*6-7H,1-5H2;1H2,2H3,(H,5,6). The van der Waals surface area contributed by atoms with Crippen LogP contribution in [0.4, 0.5) is 0 Å². The van der Waals surface area contributed by atoms with Gasteiger partial charge in [-0.05, 0) is 161 Å². The largest absolute Gasteiger partial charge is 0.478 e. The van der Waals surface area contributed by atoms with Gasteiger partial charge in [0.2, 0.25) is 0 Å². The van der Waals surface area contributed by atoms with Crippen molar-refractivity contribution in [3.8, 4) is 0 Å². The summed E-state index contributed by atoms with van der Waals surface area (Å²) in [5, 5.41) is 139. The highest BCUT2D eigenvalue weighted by Gasteiger charge is 1.90. The predicted molar refractivity (Wildman–Crippen MR) is 247 cm³/mol. The van der Waals surface area contributed by atoms with E-state index in [4.69, 9.17) is 86.8 Å². The zero-order chi connectivity index (χ0) is 49.4. The second-order valence-electron chi connectivity index (χ2n) is 13.1. The molecule has 0 aromatic carbocycles. The van der Waals surface area contributed by atoms with Crippen LogP contribution in [0.3, 0.4) is 0 Å². The van der Waals surface area contributed by atoms with Gasteiger partial charge in [-0.1, -0.05) is 6.58 Å². The third kappa shape index (κ3) is 162. The average molecular weight is 919 g/mol. The Morgan fingerprint density at radius 2 is 0.306 bits per heavy atom. The number of carbonyl (C=O) groups is 1. The SMILES string of the molecule is C=C(C)C(=O)O.OCCCCCO.OCCCCCO.OCCCCCO.OCCCCCO.OCCCCCO.OCCCCCO.OCCCCCO.OCCCCCO. The van der Waals surface area contributed by atoms with E-state index in [-0.39, 0.29) is 111 Å². The molecule has 0 fully saturated rings. The molecule has 0 saturated heterocycles. The smallest absolute Gasteiger partial charge is 0.330 e. The molecule has 62 heavy (non-hydrogen) atoms. The van der Waals surface area contributed by atoms with Crippen LogP contribution >= 0.6 is 0 Å². The van der Waals surface area contributed by atoms with E-state index in [2.05, 4.69) is 6.58 Å². The van der Waals surface area contributed by atoms with Gasteiger partial charge in [-0.15, -0.1) is 0 Å². The maximum absolute atomic E-state index is 9.60. The van der Waals surface area contributed by atoms with Gasteiger partial charge in [0.05, 0.1) is 0 Å². The molecule has 0 spiro atoms. The molecule has 0 saturated carbocycles. The molecule has 17 N–H and O–H groups in total. The minimum Gasteiger partial charge on any atom is -0.478 e. The summed E-state index contributed by atoms with van der Waals surface area (Å²) >= 11 is 0. The fourth-order valence-electron chi connectivity index (χ4n) is 3.20. The molecular weight excluding hydrogens is 816 g/mol. The van der Waals surface area contributed by atoms with E-state index in [0.717, 1.165) is 154 Å². The van der Waals surface area contributed by atoms with Crippen molar-refractivity contribution < 1.29 is 91.6 Å². The highest BCUT2D eigenvalue weighted by atomic mass is 16.4. The van der Waals surface area contributed by atoms with Crippen molar-refractivity contribution in [1.29, 1.82) is 0 Å². The minimum atomic E-state index is -0.935. The second-order valence-corrected chi connectivity index (χ2v) is 13.1. The highest BCUT2D eigenvalue weighted by molar-refractivity contribution is 5.84. The van der Waals surface area contributed by atoms with Crippen molar-refractivity contribution in [2.75, 3.05) is 106 Å². The molecule has 18 heteroatoms. The number of hydrogen-bond donors (Lipinski definition) is 17. The molecule has 0 aromatic heterocycles. The molecule has 0 aliphatic carbocycles. The van der Waals surface area contributed by atoms with Gasteiger partial charge in [0, 0.05) is 111 Å². The third-order valence-electron chi connectivity index (χ3n) is 6.89. The Kier molecular flexibility index (Phi) is 134. The van der Waals surface area contributed by atoms with Gasteiger partial charge in [0.25, 0.3) is 0 Å². The van der Waals surface area contributed by atoms with E-state index in [0.29, 0.717) is 0 Å². The van der Waals surface area contributed by atoms with Gasteiger partial charge in [-0.25, -0.2) is 4.79 Å². The van der Waals surface area contributed by atoms with Crippen LogP contribution in [-0.2, 0) is 4.79 Å². The average Bonchev–Trinajstić information content (AvgIpc) is 3.27. The fraction of sp³-hybridized carbons (Fsp3) is 0.932. The van der Waals surface area contributed by atoms with E-state index in [9.17, 15) is 4.79 Å². The molecule has 0 unspecified atom stereocenters. The second kappa shape index (κ2) is 103. The number of aliphatic hydroxyl groups is 16. The Balaban J connectivity index is -0.0000000728. The Labute approximate surface area is 375 Å². The maximum Gasteiger partial charge on any atom is 0.330 e. The lowest BCUT2D eigenvalue weighted by atomic mass is 10.2. The number of unbranched alkanes of at least 4 members (excludes halogenated alkanes) is 16. The molecule has 0 radical (unpaired) electrons. The van der Waals surface area contributed by atoms with Gasteiger partial charge in [-0.3, -0.25) is 0 Å². The van der Waals surface area contributed by atoms with Crippen LogP contribution < -0.4 is 0 Å². The number of aliphatic hydroxyl groups excluding tert-OH is 16. The Hall–Kier alpha value is -1.43. The molecule has 0 aromatic rings. The monoisotopic (exact) mass is 919 g/mol. The van der Waals surface area contributed by atoms with E-state index in [1.54, 1.807) is 0 Å². The van der Waals surface area contributed by atoms with Crippen LogP contribution in [0.25, 0.3) is 0 Å². The number of aliphatic carboxylic acids is 1. The minimum absolute atomic E-state index is 0.176. The Bertz CT molecular complexity index is 475. The van der Waals surface area contributed by atoms with Gasteiger partial charge < -0.3 is 86.8 Å². The van der Waals surface area contributed by atoms with Crippen LogP contribution in [-0.4, -0.2) is 198 Å². The molecule has 0 aliphatic rings. The zero-order valence-corrected chi connectivity index (χ0v) is 39.0. The number of rotatable bonds is 33. The summed E-state index contributed by atoms with van der Waals surface area (Å²) in [5.41, 5.74) is 0.176. The van der Waals surface area contributed by atoms with Crippen molar-refractivity contribution in [2.24, 2.45) is 0 Å². The van der Waals surface area contributed by atoms with Gasteiger partial charge in [-0.2, -0.15) is 0 Å². The fourth-order valence-corrected chi connectivity index (χ4v) is 3.20. The summed E-state index contributed by atoms with van der Waals surface area (Å²) in [6.45, 7) is 8.60. The van der Waals surface area contributed by atoms with Crippen molar-refractivity contribution >= 4 is 5.97 Å². The van der Waals surface area contributed by atoms with Crippen molar-refractivity contribution in [3.63, 3.8) is 0 Å². The van der Waals surface area contributed by atoms with E-state index in [1.165, 1.54) is 6.92 Å². The molecule has 0 amide bonds. The highest BCUT2D eigenvalue weighted by Crippen LogP contribution is 1.94. The lowest BCUT2D eigenvalue weighted by molar-refractivity contribution is -0.132. The molecular formula is C44H102O18. The Morgan fingerprint density at radius 1 is 0.242 bits per heavy atom. The molecule has 18 nitrogen and oxygen atoms in total. The first-order chi connectivity index (χ1) is 30.0. The van der Waals surface area contributed by atoms with Crippen molar-refractivity contribution in [2.45, 2.75) is 161 Å². The molecule has 0 heterocycles. The summed E-state index contributed by atoms with van der Waals surface area (Å²) in [6, 6.07) is 0. The molecule has 0 aliphatic heterocycles. The first-order valence-corrected chi connectivity index (χ1v) is 22.6. The van der Waals surface area contributed by atoms with Gasteiger partial charge in [0.15, 0.2) is 0 Å². The number of carboxylic acids is 1. The quantitative estimate of drug-likeness (QED) is 0.0329. The number of hydrogen-bond acceptors (Lipinski definition) is 17. The summed E-state index contributed by atoms with van der Waals surface area (Å²) in [4.78, 5) is 9.60. The van der Waals surface area contributed by atoms with E-state index < -0.39 is 5.97 Å². The van der Waals surface area contributed by atoms with Crippen molar-refractivity contribution in [3.05, 3.63) is 12.2 Å². The number of carboxylic acid groups (broad SMARTS) is 1. The van der Waals surface area contributed by atoms with Gasteiger partial charge >= 0.3 is 5.97 Å². The first kappa shape index (κ1) is 80.8. The van der Waals surface area contributed by atoms with Crippen LogP contribution in [0, 0.1) is 0 Å². The lowest BCUT2D eigenvalue weighted by Gasteiger charge is -1.90. The third-order valence-corrected chi connectivity index (χ3v) is 6.89. The summed E-state index contributed by atoms with van der Waals surface area (Å²) in [5.74, 6) is -0.935. The first-order valence-electron chi connectivity index (χ1n) is 22.6. The van der Waals surface area contributed by atoms with Crippen LogP contribution in [0.2, 0.25) is 0 Å². The van der Waals surface area contributed by atoms with Crippen LogP contribution in [0.1, 0.15) is 161 Å². The van der Waals surface area contributed by atoms with E-state index >= 15 is 0 Å². The zero-order valence-electron chi connectivity index (χ0n) is 39.0. The summed E-state index contributed by atoms with van der Waals surface area (Å²) in [6.07, 6.45) is 20.6. The maximum atomic E-state index is 9.60. The molecule has 0 bridgehead atoms. The normalized spacial score (nSPS) is 9.24. The molecule has 0 atom stereocenters. The molecule has 386 valence electrons. The predicted octanol–water partition coefficient (Wildman–Crippen LogP) is 1.78. The van der Waals surface area contributed by atoms with Crippen molar-refractivity contribution in [1.82, 2.24) is 0 Å². The topological polar surface area (TPSA) is 361 Å². The summed E-state index contributed by atoms with van der Waals surface area (Å²) in [7, 11) is 0. The van der Waals surface area contributed by atoms with E-state index in [1.807, 2.05) is 0 Å². The van der Waals surface area contributed by atoms with Crippen LogP contribution in [0.15, 0.2) is 12.2 Å². The summed E-state index contributed by atoms with van der Waals surface area (Å²) < 4.78 is 0. The lowest BCUT2D eigenvalue weighted by Crippen LogP contribution is -1.92. The van der Waals surface area contributed by atoms with Gasteiger partial charge in [0.1, 0.15) is 0 Å². The van der Waals surface area contributed by atoms with Crippen LogP contribution in [0.5, 0.6) is 0 Å². The Morgan fingerprint density at radius 3 is 0.339 bits per heavy atom.